The second-order valence-corrected chi connectivity index (χ2v) is 7.63. The Morgan fingerprint density at radius 2 is 1.91 bits per heavy atom. The van der Waals surface area contributed by atoms with Gasteiger partial charge in [-0.15, -0.1) is 0 Å². The minimum Gasteiger partial charge on any atom is -0.465 e. The van der Waals surface area contributed by atoms with Crippen LogP contribution in [0.15, 0.2) is 71.3 Å². The summed E-state index contributed by atoms with van der Waals surface area (Å²) < 4.78 is 10.6. The number of methoxy groups -OCH3 is 1. The van der Waals surface area contributed by atoms with Gasteiger partial charge < -0.3 is 20.2 Å². The molecule has 0 saturated carbocycles. The van der Waals surface area contributed by atoms with Gasteiger partial charge in [0.25, 0.3) is 0 Å². The average molecular weight is 462 g/mol. The van der Waals surface area contributed by atoms with E-state index in [4.69, 9.17) is 26.5 Å². The number of fused-ring (bicyclic) bond motifs is 1. The van der Waals surface area contributed by atoms with Gasteiger partial charge in [0.1, 0.15) is 11.6 Å². The van der Waals surface area contributed by atoms with Gasteiger partial charge in [0.2, 0.25) is 5.91 Å². The third kappa shape index (κ3) is 5.22. The van der Waals surface area contributed by atoms with Crippen LogP contribution in [0.2, 0.25) is 5.02 Å². The van der Waals surface area contributed by atoms with Crippen LogP contribution < -0.4 is 11.1 Å². The Bertz CT molecular complexity index is 1340. The van der Waals surface area contributed by atoms with E-state index in [0.29, 0.717) is 27.7 Å². The molecular formula is C25H20ClN3O4. The molecule has 0 saturated heterocycles. The van der Waals surface area contributed by atoms with Crippen molar-refractivity contribution in [2.45, 2.75) is 6.54 Å². The Labute approximate surface area is 194 Å². The normalized spacial score (nSPS) is 11.1. The van der Waals surface area contributed by atoms with E-state index in [1.54, 1.807) is 42.6 Å². The quantitative estimate of drug-likeness (QED) is 0.314. The van der Waals surface area contributed by atoms with E-state index >= 15 is 0 Å². The van der Waals surface area contributed by atoms with Crippen molar-refractivity contribution in [2.24, 2.45) is 0 Å². The van der Waals surface area contributed by atoms with E-state index in [1.165, 1.54) is 13.2 Å². The van der Waals surface area contributed by atoms with E-state index in [0.717, 1.165) is 22.1 Å². The fraction of sp³-hybridized carbons (Fsp3) is 0.0800. The molecule has 7 nitrogen and oxygen atoms in total. The molecule has 2 heterocycles. The van der Waals surface area contributed by atoms with Crippen LogP contribution in [0.1, 0.15) is 21.7 Å². The van der Waals surface area contributed by atoms with Gasteiger partial charge in [-0.1, -0.05) is 23.7 Å². The van der Waals surface area contributed by atoms with Crippen LogP contribution >= 0.6 is 11.6 Å². The van der Waals surface area contributed by atoms with Crippen LogP contribution in [-0.2, 0) is 16.1 Å². The van der Waals surface area contributed by atoms with Gasteiger partial charge in [0.15, 0.2) is 5.58 Å². The first kappa shape index (κ1) is 22.1. The van der Waals surface area contributed by atoms with E-state index in [9.17, 15) is 9.59 Å². The highest BCUT2D eigenvalue weighted by molar-refractivity contribution is 6.35. The van der Waals surface area contributed by atoms with E-state index in [2.05, 4.69) is 10.3 Å². The number of carbonyl (C=O) groups is 2. The van der Waals surface area contributed by atoms with Crippen LogP contribution in [-0.4, -0.2) is 24.0 Å². The summed E-state index contributed by atoms with van der Waals surface area (Å²) in [4.78, 5) is 27.7. The second kappa shape index (κ2) is 9.58. The minimum atomic E-state index is -0.392. The Morgan fingerprint density at radius 3 is 2.61 bits per heavy atom. The first-order valence-corrected chi connectivity index (χ1v) is 10.4. The molecule has 0 aliphatic rings. The highest BCUT2D eigenvalue weighted by Crippen LogP contribution is 2.33. The van der Waals surface area contributed by atoms with Gasteiger partial charge in [-0.25, -0.2) is 9.78 Å². The van der Waals surface area contributed by atoms with Gasteiger partial charge in [0.05, 0.1) is 24.2 Å². The van der Waals surface area contributed by atoms with E-state index < -0.39 is 5.97 Å². The number of esters is 1. The molecule has 2 aromatic carbocycles. The number of anilines is 1. The molecule has 0 aliphatic carbocycles. The van der Waals surface area contributed by atoms with Crippen LogP contribution in [0.3, 0.4) is 0 Å². The maximum absolute atomic E-state index is 12.1. The van der Waals surface area contributed by atoms with Crippen LogP contribution in [0.4, 0.5) is 5.82 Å². The molecule has 0 spiro atoms. The number of nitrogen functional groups attached to an aromatic ring is 1. The Kier molecular flexibility index (Phi) is 6.42. The van der Waals surface area contributed by atoms with Crippen molar-refractivity contribution in [2.75, 3.05) is 12.8 Å². The maximum Gasteiger partial charge on any atom is 0.337 e. The van der Waals surface area contributed by atoms with Gasteiger partial charge in [-0.3, -0.25) is 4.79 Å². The topological polar surface area (TPSA) is 107 Å². The molecule has 33 heavy (non-hydrogen) atoms. The summed E-state index contributed by atoms with van der Waals surface area (Å²) in [5.41, 5.74) is 9.09. The average Bonchev–Trinajstić information content (AvgIpc) is 3.26. The van der Waals surface area contributed by atoms with Crippen LogP contribution in [0.25, 0.3) is 28.2 Å². The van der Waals surface area contributed by atoms with Crippen LogP contribution in [0.5, 0.6) is 0 Å². The standard InChI is InChI=1S/C25H20ClN3O4/c1-32-25(31)17-6-4-16(5-7-17)18-10-19-11-20(33-24(19)21(26)12-18)14-29-23(30)9-3-15-2-8-22(27)28-13-15/h2-13H,14H2,1H3,(H2,27,28)(H,29,30). The number of rotatable bonds is 6. The molecule has 0 unspecified atom stereocenters. The highest BCUT2D eigenvalue weighted by atomic mass is 35.5. The fourth-order valence-corrected chi connectivity index (χ4v) is 3.52. The lowest BCUT2D eigenvalue weighted by molar-refractivity contribution is -0.116. The third-order valence-electron chi connectivity index (χ3n) is 4.93. The molecule has 2 aromatic heterocycles. The summed E-state index contributed by atoms with van der Waals surface area (Å²) in [7, 11) is 1.34. The number of ether oxygens (including phenoxy) is 1. The summed E-state index contributed by atoms with van der Waals surface area (Å²) in [5, 5.41) is 4.04. The molecule has 0 bridgehead atoms. The first-order valence-electron chi connectivity index (χ1n) is 10.0. The first-order chi connectivity index (χ1) is 15.9. The van der Waals surface area contributed by atoms with Crippen molar-refractivity contribution >= 4 is 46.3 Å². The van der Waals surface area contributed by atoms with Gasteiger partial charge >= 0.3 is 5.97 Å². The monoisotopic (exact) mass is 461 g/mol. The molecule has 0 radical (unpaired) electrons. The summed E-state index contributed by atoms with van der Waals surface area (Å²) >= 11 is 6.44. The SMILES string of the molecule is COC(=O)c1ccc(-c2cc(Cl)c3oc(CNC(=O)C=Cc4ccc(N)nc4)cc3c2)cc1. The molecule has 0 fully saturated rings. The predicted octanol–water partition coefficient (Wildman–Crippen LogP) is 4.85. The van der Waals surface area contributed by atoms with Crippen molar-refractivity contribution in [3.05, 3.63) is 88.8 Å². The number of nitrogens with one attached hydrogen (secondary N) is 1. The number of hydrogen-bond acceptors (Lipinski definition) is 6. The number of hydrogen-bond donors (Lipinski definition) is 2. The minimum absolute atomic E-state index is 0.206. The molecule has 8 heteroatoms. The predicted molar refractivity (Wildman–Crippen MR) is 128 cm³/mol. The number of nitrogens with zero attached hydrogens (tertiary/aromatic N) is 1. The molecule has 166 valence electrons. The smallest absolute Gasteiger partial charge is 0.337 e. The van der Waals surface area contributed by atoms with Gasteiger partial charge in [-0.05, 0) is 65.2 Å². The van der Waals surface area contributed by atoms with Crippen LogP contribution in [0, 0.1) is 0 Å². The molecule has 3 N–H and O–H groups in total. The highest BCUT2D eigenvalue weighted by Gasteiger charge is 2.12. The molecule has 1 amide bonds. The maximum atomic E-state index is 12.1. The number of halogens is 1. The number of pyridine rings is 1. The molecular weight excluding hydrogens is 442 g/mol. The fourth-order valence-electron chi connectivity index (χ4n) is 3.25. The van der Waals surface area contributed by atoms with Gasteiger partial charge in [0, 0.05) is 17.7 Å². The summed E-state index contributed by atoms with van der Waals surface area (Å²) in [5.74, 6) is 0.323. The number of furan rings is 1. The summed E-state index contributed by atoms with van der Waals surface area (Å²) in [6.07, 6.45) is 4.65. The lowest BCUT2D eigenvalue weighted by Crippen LogP contribution is -2.19. The second-order valence-electron chi connectivity index (χ2n) is 7.23. The zero-order valence-electron chi connectivity index (χ0n) is 17.7. The molecule has 0 aliphatic heterocycles. The molecule has 0 atom stereocenters. The number of amides is 1. The Morgan fingerprint density at radius 1 is 1.12 bits per heavy atom. The number of aromatic nitrogens is 1. The Hall–Kier alpha value is -4.10. The Balaban J connectivity index is 1.46. The molecule has 4 rings (SSSR count). The number of carbonyl (C=O) groups excluding carboxylic acids is 2. The number of nitrogens with two attached hydrogens (primary N) is 1. The molecule has 4 aromatic rings. The zero-order chi connectivity index (χ0) is 23.4. The van der Waals surface area contributed by atoms with Crippen molar-refractivity contribution in [3.63, 3.8) is 0 Å². The van der Waals surface area contributed by atoms with Crippen molar-refractivity contribution < 1.29 is 18.7 Å². The van der Waals surface area contributed by atoms with Crippen molar-refractivity contribution in [1.29, 1.82) is 0 Å². The lowest BCUT2D eigenvalue weighted by atomic mass is 10.0. The number of benzene rings is 2. The third-order valence-corrected chi connectivity index (χ3v) is 5.22. The van der Waals surface area contributed by atoms with E-state index in [-0.39, 0.29) is 12.5 Å². The zero-order valence-corrected chi connectivity index (χ0v) is 18.4. The summed E-state index contributed by atoms with van der Waals surface area (Å²) in [6.45, 7) is 0.206. The van der Waals surface area contributed by atoms with Crippen molar-refractivity contribution in [3.8, 4) is 11.1 Å². The lowest BCUT2D eigenvalue weighted by Gasteiger charge is -2.05. The van der Waals surface area contributed by atoms with Crippen molar-refractivity contribution in [1.82, 2.24) is 10.3 Å². The summed E-state index contributed by atoms with van der Waals surface area (Å²) in [6, 6.07) is 16.1. The van der Waals surface area contributed by atoms with Gasteiger partial charge in [-0.2, -0.15) is 0 Å². The largest absolute Gasteiger partial charge is 0.465 e. The van der Waals surface area contributed by atoms with E-state index in [1.807, 2.05) is 24.3 Å².